The van der Waals surface area contributed by atoms with Gasteiger partial charge in [0.15, 0.2) is 0 Å². The van der Waals surface area contributed by atoms with E-state index in [2.05, 4.69) is 20.0 Å². The fourth-order valence-electron chi connectivity index (χ4n) is 1.86. The Balaban J connectivity index is 1.63. The second-order valence-electron chi connectivity index (χ2n) is 4.97. The van der Waals surface area contributed by atoms with E-state index in [1.807, 2.05) is 6.07 Å². The van der Waals surface area contributed by atoms with Gasteiger partial charge in [-0.25, -0.2) is 23.1 Å². The normalized spacial score (nSPS) is 14.9. The fraction of sp³-hybridized carbons (Fsp3) is 0.286. The van der Waals surface area contributed by atoms with Crippen molar-refractivity contribution in [2.75, 3.05) is 5.32 Å². The van der Waals surface area contributed by atoms with Gasteiger partial charge in [-0.3, -0.25) is 0 Å². The topological polar surface area (TPSA) is 84.0 Å². The minimum Gasteiger partial charge on any atom is -0.379 e. The molecule has 0 radical (unpaired) electrons. The van der Waals surface area contributed by atoms with Crippen molar-refractivity contribution in [1.82, 2.24) is 14.7 Å². The number of anilines is 1. The molecule has 1 aromatic carbocycles. The predicted molar refractivity (Wildman–Crippen MR) is 79.1 cm³/mol. The molecule has 2 N–H and O–H groups in total. The fourth-order valence-corrected chi connectivity index (χ4v) is 3.16. The van der Waals surface area contributed by atoms with Crippen LogP contribution in [0.25, 0.3) is 0 Å². The molecule has 0 aliphatic heterocycles. The first-order valence-electron chi connectivity index (χ1n) is 6.75. The lowest BCUT2D eigenvalue weighted by Crippen LogP contribution is -2.25. The molecule has 0 atom stereocenters. The van der Waals surface area contributed by atoms with Crippen molar-refractivity contribution in [3.63, 3.8) is 0 Å². The minimum absolute atomic E-state index is 0.116. The predicted octanol–water partition coefficient (Wildman–Crippen LogP) is 1.53. The smallest absolute Gasteiger partial charge is 0.240 e. The number of hydrogen-bond acceptors (Lipinski definition) is 5. The van der Waals surface area contributed by atoms with Gasteiger partial charge in [-0.05, 0) is 43.2 Å². The maximum Gasteiger partial charge on any atom is 0.240 e. The zero-order valence-corrected chi connectivity index (χ0v) is 12.2. The van der Waals surface area contributed by atoms with Crippen LogP contribution < -0.4 is 10.0 Å². The molecular weight excluding hydrogens is 288 g/mol. The largest absolute Gasteiger partial charge is 0.379 e. The highest BCUT2D eigenvalue weighted by molar-refractivity contribution is 7.89. The Labute approximate surface area is 123 Å². The van der Waals surface area contributed by atoms with Gasteiger partial charge in [-0.1, -0.05) is 0 Å². The monoisotopic (exact) mass is 304 g/mol. The van der Waals surface area contributed by atoms with E-state index in [0.717, 1.165) is 24.2 Å². The van der Waals surface area contributed by atoms with Crippen LogP contribution in [0.2, 0.25) is 0 Å². The maximum atomic E-state index is 12.0. The molecular formula is C14H16N4O2S. The number of nitrogens with one attached hydrogen (secondary N) is 2. The number of aromatic nitrogens is 2. The van der Waals surface area contributed by atoms with Crippen molar-refractivity contribution < 1.29 is 8.42 Å². The van der Waals surface area contributed by atoms with Crippen LogP contribution >= 0.6 is 0 Å². The van der Waals surface area contributed by atoms with E-state index in [4.69, 9.17) is 0 Å². The highest BCUT2D eigenvalue weighted by Gasteiger charge is 2.27. The highest BCUT2D eigenvalue weighted by atomic mass is 32.2. The van der Waals surface area contributed by atoms with Gasteiger partial charge < -0.3 is 5.32 Å². The van der Waals surface area contributed by atoms with Crippen LogP contribution in [0.1, 0.15) is 18.5 Å². The number of sulfonamides is 1. The van der Waals surface area contributed by atoms with E-state index in [0.29, 0.717) is 11.4 Å². The Kier molecular flexibility index (Phi) is 3.85. The van der Waals surface area contributed by atoms with Crippen LogP contribution in [0, 0.1) is 0 Å². The van der Waals surface area contributed by atoms with E-state index in [1.165, 1.54) is 6.33 Å². The van der Waals surface area contributed by atoms with E-state index >= 15 is 0 Å². The first kappa shape index (κ1) is 14.0. The number of benzene rings is 1. The SMILES string of the molecule is O=S(=O)(NC1CC1)c1ccc(NCc2ccncn2)cc1. The molecule has 0 bridgehead atoms. The summed E-state index contributed by atoms with van der Waals surface area (Å²) in [6.45, 7) is 0.564. The molecule has 3 rings (SSSR count). The average Bonchev–Trinajstić information content (AvgIpc) is 3.30. The standard InChI is InChI=1S/C14H16N4O2S/c19-21(20,18-12-1-2-12)14-5-3-11(4-6-14)16-9-13-7-8-15-10-17-13/h3-8,10,12,16,18H,1-2,9H2. The van der Waals surface area contributed by atoms with E-state index < -0.39 is 10.0 Å². The zero-order chi connectivity index (χ0) is 14.7. The summed E-state index contributed by atoms with van der Waals surface area (Å²) in [5.41, 5.74) is 1.72. The lowest BCUT2D eigenvalue weighted by atomic mass is 10.3. The van der Waals surface area contributed by atoms with Crippen LogP contribution in [-0.4, -0.2) is 24.4 Å². The lowest BCUT2D eigenvalue weighted by Gasteiger charge is -2.08. The first-order valence-corrected chi connectivity index (χ1v) is 8.23. The van der Waals surface area contributed by atoms with Crippen molar-refractivity contribution in [2.45, 2.75) is 30.3 Å². The number of nitrogens with zero attached hydrogens (tertiary/aromatic N) is 2. The van der Waals surface area contributed by atoms with E-state index in [9.17, 15) is 8.42 Å². The molecule has 0 spiro atoms. The molecule has 0 amide bonds. The van der Waals surface area contributed by atoms with Gasteiger partial charge in [0, 0.05) is 17.9 Å². The third-order valence-corrected chi connectivity index (χ3v) is 4.72. The van der Waals surface area contributed by atoms with Crippen LogP contribution in [0.4, 0.5) is 5.69 Å². The van der Waals surface area contributed by atoms with Crippen LogP contribution in [0.15, 0.2) is 47.8 Å². The van der Waals surface area contributed by atoms with Gasteiger partial charge in [-0.15, -0.1) is 0 Å². The second kappa shape index (κ2) is 5.79. The highest BCUT2D eigenvalue weighted by Crippen LogP contribution is 2.22. The second-order valence-corrected chi connectivity index (χ2v) is 6.69. The Morgan fingerprint density at radius 2 is 1.90 bits per heavy atom. The Bertz CT molecular complexity index is 698. The number of hydrogen-bond donors (Lipinski definition) is 2. The van der Waals surface area contributed by atoms with Crippen molar-refractivity contribution in [1.29, 1.82) is 0 Å². The average molecular weight is 304 g/mol. The molecule has 1 aliphatic rings. The van der Waals surface area contributed by atoms with Crippen molar-refractivity contribution in [3.05, 3.63) is 48.5 Å². The summed E-state index contributed by atoms with van der Waals surface area (Å²) < 4.78 is 26.7. The van der Waals surface area contributed by atoms with Gasteiger partial charge in [-0.2, -0.15) is 0 Å². The Morgan fingerprint density at radius 3 is 2.52 bits per heavy atom. The molecule has 7 heteroatoms. The zero-order valence-electron chi connectivity index (χ0n) is 11.4. The van der Waals surface area contributed by atoms with Crippen molar-refractivity contribution >= 4 is 15.7 Å². The first-order chi connectivity index (χ1) is 10.1. The summed E-state index contributed by atoms with van der Waals surface area (Å²) >= 11 is 0. The summed E-state index contributed by atoms with van der Waals surface area (Å²) in [4.78, 5) is 8.26. The number of rotatable bonds is 6. The molecule has 0 saturated heterocycles. The van der Waals surface area contributed by atoms with E-state index in [-0.39, 0.29) is 6.04 Å². The third kappa shape index (κ3) is 3.77. The van der Waals surface area contributed by atoms with Gasteiger partial charge in [0.25, 0.3) is 0 Å². The molecule has 1 aromatic heterocycles. The Morgan fingerprint density at radius 1 is 1.14 bits per heavy atom. The quantitative estimate of drug-likeness (QED) is 0.845. The van der Waals surface area contributed by atoms with E-state index in [1.54, 1.807) is 30.5 Å². The summed E-state index contributed by atoms with van der Waals surface area (Å²) in [5.74, 6) is 0. The molecule has 1 fully saturated rings. The molecule has 6 nitrogen and oxygen atoms in total. The maximum absolute atomic E-state index is 12.0. The molecule has 2 aromatic rings. The lowest BCUT2D eigenvalue weighted by molar-refractivity contribution is 0.581. The van der Waals surface area contributed by atoms with Crippen molar-refractivity contribution in [3.8, 4) is 0 Å². The molecule has 1 saturated carbocycles. The third-order valence-electron chi connectivity index (χ3n) is 3.18. The molecule has 1 heterocycles. The van der Waals surface area contributed by atoms with Gasteiger partial charge in [0.05, 0.1) is 17.1 Å². The molecule has 1 aliphatic carbocycles. The summed E-state index contributed by atoms with van der Waals surface area (Å²) in [6.07, 6.45) is 5.04. The summed E-state index contributed by atoms with van der Waals surface area (Å²) in [7, 11) is -3.38. The van der Waals surface area contributed by atoms with Crippen LogP contribution in [-0.2, 0) is 16.6 Å². The molecule has 21 heavy (non-hydrogen) atoms. The van der Waals surface area contributed by atoms with Gasteiger partial charge in [0.1, 0.15) is 6.33 Å². The van der Waals surface area contributed by atoms with Crippen molar-refractivity contribution in [2.24, 2.45) is 0 Å². The summed E-state index contributed by atoms with van der Waals surface area (Å²) in [6, 6.07) is 8.65. The molecule has 110 valence electrons. The minimum atomic E-state index is -3.38. The van der Waals surface area contributed by atoms with Crippen LogP contribution in [0.3, 0.4) is 0 Å². The van der Waals surface area contributed by atoms with Crippen LogP contribution in [0.5, 0.6) is 0 Å². The van der Waals surface area contributed by atoms with Gasteiger partial charge >= 0.3 is 0 Å². The Hall–Kier alpha value is -1.99. The summed E-state index contributed by atoms with van der Waals surface area (Å²) in [5, 5.41) is 3.19. The van der Waals surface area contributed by atoms with Gasteiger partial charge in [0.2, 0.25) is 10.0 Å². The molecule has 0 unspecified atom stereocenters.